The van der Waals surface area contributed by atoms with Gasteiger partial charge in [0.25, 0.3) is 0 Å². The van der Waals surface area contributed by atoms with Gasteiger partial charge in [0, 0.05) is 38.1 Å². The summed E-state index contributed by atoms with van der Waals surface area (Å²) in [6, 6.07) is 17.4. The van der Waals surface area contributed by atoms with Crippen LogP contribution in [0.25, 0.3) is 16.9 Å². The fraction of sp³-hybridized carbons (Fsp3) is 0.357. The molecule has 1 fully saturated rings. The summed E-state index contributed by atoms with van der Waals surface area (Å²) in [7, 11) is -1.85. The molecule has 0 N–H and O–H groups in total. The van der Waals surface area contributed by atoms with E-state index in [1.54, 1.807) is 23.7 Å². The summed E-state index contributed by atoms with van der Waals surface area (Å²) in [5.74, 6) is 1.67. The number of piperazine rings is 1. The van der Waals surface area contributed by atoms with Gasteiger partial charge in [0.05, 0.1) is 18.6 Å². The number of fused-ring (bicyclic) bond motifs is 2. The quantitative estimate of drug-likeness (QED) is 0.387. The first-order valence-electron chi connectivity index (χ1n) is 12.8. The summed E-state index contributed by atoms with van der Waals surface area (Å²) < 4.78 is 35.9. The zero-order valence-corrected chi connectivity index (χ0v) is 21.8. The van der Waals surface area contributed by atoms with Crippen molar-refractivity contribution in [1.82, 2.24) is 23.7 Å². The molecule has 2 aliphatic rings. The molecule has 8 nitrogen and oxygen atoms in total. The van der Waals surface area contributed by atoms with E-state index in [-0.39, 0.29) is 0 Å². The van der Waals surface area contributed by atoms with Crippen LogP contribution >= 0.6 is 0 Å². The predicted octanol–water partition coefficient (Wildman–Crippen LogP) is 3.81. The Hall–Kier alpha value is -3.27. The third-order valence-corrected chi connectivity index (χ3v) is 9.36. The lowest BCUT2D eigenvalue weighted by molar-refractivity contribution is 0.177. The average molecular weight is 518 g/mol. The number of ether oxygens (including phenoxy) is 1. The largest absolute Gasteiger partial charge is 0.497 e. The molecule has 0 spiro atoms. The standard InChI is InChI=1S/C28H31N5O3S/c1-36-24-11-9-23(10-12-24)33-27(30-26-7-4-14-29-28(26)33)20-31-15-17-32(18-16-31)37(34,35)25-13-8-21-5-2-3-6-22(21)19-25/h4,7-14,19H,2-3,5-6,15-18,20H2,1H3. The van der Waals surface area contributed by atoms with Gasteiger partial charge in [-0.2, -0.15) is 4.31 Å². The number of rotatable bonds is 6. The molecular formula is C28H31N5O3S. The van der Waals surface area contributed by atoms with Gasteiger partial charge in [-0.15, -0.1) is 0 Å². The van der Waals surface area contributed by atoms with E-state index < -0.39 is 10.0 Å². The van der Waals surface area contributed by atoms with Crippen LogP contribution in [0.3, 0.4) is 0 Å². The van der Waals surface area contributed by atoms with Crippen LogP contribution in [0.4, 0.5) is 0 Å². The number of aryl methyl sites for hydroxylation is 2. The van der Waals surface area contributed by atoms with Crippen molar-refractivity contribution in [2.24, 2.45) is 0 Å². The molecule has 0 amide bonds. The van der Waals surface area contributed by atoms with Gasteiger partial charge in [-0.25, -0.2) is 18.4 Å². The molecule has 0 bridgehead atoms. The number of pyridine rings is 1. The Morgan fingerprint density at radius 2 is 1.68 bits per heavy atom. The van der Waals surface area contributed by atoms with E-state index in [2.05, 4.69) is 14.5 Å². The summed E-state index contributed by atoms with van der Waals surface area (Å²) >= 11 is 0. The van der Waals surface area contributed by atoms with E-state index in [0.717, 1.165) is 47.7 Å². The molecule has 6 rings (SSSR count). The SMILES string of the molecule is COc1ccc(-n2c(CN3CCN(S(=O)(=O)c4ccc5c(c4)CCCC5)CC3)nc3cccnc32)cc1. The first-order chi connectivity index (χ1) is 18.0. The van der Waals surface area contributed by atoms with Gasteiger partial charge in [-0.05, 0) is 85.3 Å². The first-order valence-corrected chi connectivity index (χ1v) is 14.3. The lowest BCUT2D eigenvalue weighted by Gasteiger charge is -2.34. The van der Waals surface area contributed by atoms with Crippen LogP contribution in [0, 0.1) is 0 Å². The molecule has 2 aromatic heterocycles. The molecule has 192 valence electrons. The Balaban J connectivity index is 1.20. The van der Waals surface area contributed by atoms with Crippen molar-refractivity contribution >= 4 is 21.2 Å². The van der Waals surface area contributed by atoms with Gasteiger partial charge in [0.2, 0.25) is 10.0 Å². The zero-order chi connectivity index (χ0) is 25.4. The Labute approximate surface area is 217 Å². The highest BCUT2D eigenvalue weighted by Crippen LogP contribution is 2.27. The minimum absolute atomic E-state index is 0.425. The van der Waals surface area contributed by atoms with E-state index in [1.165, 1.54) is 17.5 Å². The monoisotopic (exact) mass is 517 g/mol. The maximum absolute atomic E-state index is 13.4. The normalized spacial score (nSPS) is 17.1. The molecule has 0 unspecified atom stereocenters. The van der Waals surface area contributed by atoms with Gasteiger partial charge in [0.15, 0.2) is 5.65 Å². The smallest absolute Gasteiger partial charge is 0.243 e. The van der Waals surface area contributed by atoms with Crippen molar-refractivity contribution in [2.75, 3.05) is 33.3 Å². The van der Waals surface area contributed by atoms with Crippen molar-refractivity contribution in [3.8, 4) is 11.4 Å². The minimum Gasteiger partial charge on any atom is -0.497 e. The lowest BCUT2D eigenvalue weighted by Crippen LogP contribution is -2.48. The second-order valence-electron chi connectivity index (χ2n) is 9.73. The lowest BCUT2D eigenvalue weighted by atomic mass is 9.92. The molecule has 1 aliphatic heterocycles. The van der Waals surface area contributed by atoms with Crippen molar-refractivity contribution in [1.29, 1.82) is 0 Å². The number of nitrogens with zero attached hydrogens (tertiary/aromatic N) is 5. The highest BCUT2D eigenvalue weighted by molar-refractivity contribution is 7.89. The van der Waals surface area contributed by atoms with Gasteiger partial charge < -0.3 is 4.74 Å². The summed E-state index contributed by atoms with van der Waals surface area (Å²) in [5, 5.41) is 0. The Morgan fingerprint density at radius 1 is 0.919 bits per heavy atom. The van der Waals surface area contributed by atoms with E-state index in [4.69, 9.17) is 9.72 Å². The molecule has 1 saturated heterocycles. The number of methoxy groups -OCH3 is 1. The number of aromatic nitrogens is 3. The zero-order valence-electron chi connectivity index (χ0n) is 21.0. The van der Waals surface area contributed by atoms with Crippen LogP contribution in [-0.4, -0.2) is 65.4 Å². The molecule has 4 aromatic rings. The molecule has 3 heterocycles. The summed E-state index contributed by atoms with van der Waals surface area (Å²) in [4.78, 5) is 12.2. The van der Waals surface area contributed by atoms with Gasteiger partial charge in [0.1, 0.15) is 17.1 Å². The Bertz CT molecular complexity index is 1520. The van der Waals surface area contributed by atoms with Crippen LogP contribution in [0.1, 0.15) is 29.8 Å². The third-order valence-electron chi connectivity index (χ3n) is 7.47. The van der Waals surface area contributed by atoms with Crippen molar-refractivity contribution in [2.45, 2.75) is 37.1 Å². The topological polar surface area (TPSA) is 80.6 Å². The Kier molecular flexibility index (Phi) is 6.44. The van der Waals surface area contributed by atoms with Crippen molar-refractivity contribution < 1.29 is 13.2 Å². The predicted molar refractivity (Wildman–Crippen MR) is 143 cm³/mol. The number of hydrogen-bond acceptors (Lipinski definition) is 6. The van der Waals surface area contributed by atoms with Crippen LogP contribution in [0.15, 0.2) is 65.7 Å². The molecule has 37 heavy (non-hydrogen) atoms. The molecule has 0 saturated carbocycles. The fourth-order valence-electron chi connectivity index (χ4n) is 5.42. The summed E-state index contributed by atoms with van der Waals surface area (Å²) in [6.45, 7) is 2.81. The minimum atomic E-state index is -3.51. The maximum atomic E-state index is 13.4. The Morgan fingerprint density at radius 3 is 2.43 bits per heavy atom. The highest BCUT2D eigenvalue weighted by atomic mass is 32.2. The molecule has 1 aliphatic carbocycles. The van der Waals surface area contributed by atoms with Crippen LogP contribution in [0.5, 0.6) is 5.75 Å². The second-order valence-corrected chi connectivity index (χ2v) is 11.7. The molecular weight excluding hydrogens is 486 g/mol. The summed E-state index contributed by atoms with van der Waals surface area (Å²) in [5.41, 5.74) is 5.09. The first kappa shape index (κ1) is 24.1. The second kappa shape index (κ2) is 9.89. The van der Waals surface area contributed by atoms with Gasteiger partial charge >= 0.3 is 0 Å². The van der Waals surface area contributed by atoms with Crippen molar-refractivity contribution in [3.63, 3.8) is 0 Å². The van der Waals surface area contributed by atoms with E-state index >= 15 is 0 Å². The number of hydrogen-bond donors (Lipinski definition) is 0. The van der Waals surface area contributed by atoms with Gasteiger partial charge in [-0.3, -0.25) is 9.47 Å². The van der Waals surface area contributed by atoms with E-state index in [1.807, 2.05) is 48.5 Å². The van der Waals surface area contributed by atoms with E-state index in [9.17, 15) is 8.42 Å². The third kappa shape index (κ3) is 4.63. The van der Waals surface area contributed by atoms with Gasteiger partial charge in [-0.1, -0.05) is 6.07 Å². The number of sulfonamides is 1. The molecule has 2 aromatic carbocycles. The molecule has 0 radical (unpaired) electrons. The van der Waals surface area contributed by atoms with E-state index in [0.29, 0.717) is 37.6 Å². The van der Waals surface area contributed by atoms with Crippen LogP contribution < -0.4 is 4.74 Å². The molecule has 0 atom stereocenters. The number of benzene rings is 2. The average Bonchev–Trinajstić information content (AvgIpc) is 3.31. The van der Waals surface area contributed by atoms with Crippen LogP contribution in [-0.2, 0) is 29.4 Å². The number of imidazole rings is 1. The molecule has 9 heteroatoms. The van der Waals surface area contributed by atoms with Crippen molar-refractivity contribution in [3.05, 3.63) is 77.7 Å². The fourth-order valence-corrected chi connectivity index (χ4v) is 6.89. The maximum Gasteiger partial charge on any atom is 0.243 e. The summed E-state index contributed by atoms with van der Waals surface area (Å²) in [6.07, 6.45) is 6.11. The van der Waals surface area contributed by atoms with Crippen LogP contribution in [0.2, 0.25) is 0 Å². The highest BCUT2D eigenvalue weighted by Gasteiger charge is 2.30.